The minimum absolute atomic E-state index is 0.110. The lowest BCUT2D eigenvalue weighted by molar-refractivity contribution is -0.135. The first-order chi connectivity index (χ1) is 14.7. The van der Waals surface area contributed by atoms with Crippen molar-refractivity contribution in [3.05, 3.63) is 41.4 Å². The minimum atomic E-state index is -0.388. The Hall–Kier alpha value is -2.25. The van der Waals surface area contributed by atoms with Gasteiger partial charge in [-0.05, 0) is 37.3 Å². The second-order valence-corrected chi connectivity index (χ2v) is 8.65. The number of Topliss-reactive ketones (excluding diaryl/α,β-unsaturated/α-hetero) is 1. The van der Waals surface area contributed by atoms with Crippen LogP contribution in [0.4, 0.5) is 0 Å². The van der Waals surface area contributed by atoms with E-state index in [-0.39, 0.29) is 29.8 Å². The number of ether oxygens (including phenoxy) is 2. The van der Waals surface area contributed by atoms with Gasteiger partial charge >= 0.3 is 0 Å². The van der Waals surface area contributed by atoms with Gasteiger partial charge in [-0.3, -0.25) is 19.5 Å². The lowest BCUT2D eigenvalue weighted by atomic mass is 9.78. The summed E-state index contributed by atoms with van der Waals surface area (Å²) < 4.78 is 11.6. The van der Waals surface area contributed by atoms with Gasteiger partial charge < -0.3 is 14.4 Å². The van der Waals surface area contributed by atoms with Crippen LogP contribution < -0.4 is 0 Å². The number of hydrogen-bond donors (Lipinski definition) is 0. The van der Waals surface area contributed by atoms with Gasteiger partial charge in [-0.1, -0.05) is 12.5 Å². The van der Waals surface area contributed by atoms with Gasteiger partial charge in [-0.25, -0.2) is 0 Å². The number of carbonyl (C=O) groups is 2. The van der Waals surface area contributed by atoms with Crippen molar-refractivity contribution in [3.63, 3.8) is 0 Å². The summed E-state index contributed by atoms with van der Waals surface area (Å²) in [6, 6.07) is 3.43. The Morgan fingerprint density at radius 2 is 1.93 bits per heavy atom. The highest BCUT2D eigenvalue weighted by atomic mass is 16.5. The Morgan fingerprint density at radius 3 is 2.73 bits per heavy atom. The fourth-order valence-electron chi connectivity index (χ4n) is 5.30. The third kappa shape index (κ3) is 3.54. The molecule has 0 N–H and O–H groups in total. The number of ketones is 1. The van der Waals surface area contributed by atoms with Crippen molar-refractivity contribution in [3.8, 4) is 0 Å². The molecule has 3 aliphatic heterocycles. The van der Waals surface area contributed by atoms with E-state index in [1.165, 1.54) is 0 Å². The minimum Gasteiger partial charge on any atom is -0.483 e. The molecule has 1 saturated carbocycles. The number of hydrogen-bond acceptors (Lipinski definition) is 6. The normalized spacial score (nSPS) is 29.6. The molecule has 4 aliphatic rings. The van der Waals surface area contributed by atoms with Crippen LogP contribution in [0.25, 0.3) is 0 Å². The number of nitrogens with zero attached hydrogens (tertiary/aromatic N) is 3. The first kappa shape index (κ1) is 19.7. The molecule has 7 heteroatoms. The summed E-state index contributed by atoms with van der Waals surface area (Å²) in [5, 5.41) is 0. The number of morpholine rings is 1. The highest BCUT2D eigenvalue weighted by Gasteiger charge is 2.51. The molecule has 5 rings (SSSR count). The Morgan fingerprint density at radius 1 is 1.10 bits per heavy atom. The molecule has 1 amide bonds. The maximum Gasteiger partial charge on any atom is 0.290 e. The SMILES string of the molecule is O=C1C2=C(OC3CCCCC13)C(=O)N(CCCN1CCOCC1)C2c1cccnc1. The molecule has 160 valence electrons. The van der Waals surface area contributed by atoms with Crippen LogP contribution in [-0.4, -0.2) is 72.0 Å². The molecule has 7 nitrogen and oxygen atoms in total. The van der Waals surface area contributed by atoms with Gasteiger partial charge in [-0.15, -0.1) is 0 Å². The molecule has 0 radical (unpaired) electrons. The largest absolute Gasteiger partial charge is 0.483 e. The van der Waals surface area contributed by atoms with Crippen molar-refractivity contribution < 1.29 is 19.1 Å². The molecular formula is C23H29N3O4. The predicted molar refractivity (Wildman–Crippen MR) is 109 cm³/mol. The first-order valence-electron chi connectivity index (χ1n) is 11.2. The Labute approximate surface area is 177 Å². The molecule has 1 aliphatic carbocycles. The lowest BCUT2D eigenvalue weighted by Gasteiger charge is -2.35. The number of amides is 1. The fraction of sp³-hybridized carbons (Fsp3) is 0.609. The van der Waals surface area contributed by atoms with Crippen LogP contribution >= 0.6 is 0 Å². The second kappa shape index (κ2) is 8.47. The maximum absolute atomic E-state index is 13.5. The molecule has 1 aromatic heterocycles. The number of carbonyl (C=O) groups excluding carboxylic acids is 2. The summed E-state index contributed by atoms with van der Waals surface area (Å²) in [4.78, 5) is 35.3. The van der Waals surface area contributed by atoms with Crippen molar-refractivity contribution in [1.29, 1.82) is 0 Å². The third-order valence-electron chi connectivity index (χ3n) is 6.84. The average molecular weight is 412 g/mol. The molecule has 2 fully saturated rings. The average Bonchev–Trinajstić information content (AvgIpc) is 3.07. The number of fused-ring (bicyclic) bond motifs is 1. The van der Waals surface area contributed by atoms with E-state index in [9.17, 15) is 9.59 Å². The van der Waals surface area contributed by atoms with Crippen LogP contribution in [0.5, 0.6) is 0 Å². The van der Waals surface area contributed by atoms with Crippen molar-refractivity contribution in [1.82, 2.24) is 14.8 Å². The van der Waals surface area contributed by atoms with Crippen LogP contribution in [0.3, 0.4) is 0 Å². The van der Waals surface area contributed by atoms with Crippen LogP contribution in [0.1, 0.15) is 43.7 Å². The van der Waals surface area contributed by atoms with Gasteiger partial charge in [0.15, 0.2) is 11.5 Å². The molecule has 3 unspecified atom stereocenters. The van der Waals surface area contributed by atoms with Crippen molar-refractivity contribution in [2.24, 2.45) is 5.92 Å². The molecule has 1 saturated heterocycles. The first-order valence-corrected chi connectivity index (χ1v) is 11.2. The van der Waals surface area contributed by atoms with E-state index in [4.69, 9.17) is 9.47 Å². The summed E-state index contributed by atoms with van der Waals surface area (Å²) in [5.41, 5.74) is 1.44. The Bertz CT molecular complexity index is 834. The number of aromatic nitrogens is 1. The Kier molecular flexibility index (Phi) is 5.56. The zero-order chi connectivity index (χ0) is 20.5. The van der Waals surface area contributed by atoms with Gasteiger partial charge in [0, 0.05) is 38.6 Å². The smallest absolute Gasteiger partial charge is 0.290 e. The van der Waals surface area contributed by atoms with Gasteiger partial charge in [0.25, 0.3) is 5.91 Å². The second-order valence-electron chi connectivity index (χ2n) is 8.65. The fourth-order valence-corrected chi connectivity index (χ4v) is 5.30. The van der Waals surface area contributed by atoms with Crippen LogP contribution in [0.2, 0.25) is 0 Å². The summed E-state index contributed by atoms with van der Waals surface area (Å²) >= 11 is 0. The van der Waals surface area contributed by atoms with Crippen molar-refractivity contribution in [2.75, 3.05) is 39.4 Å². The molecule has 0 spiro atoms. The van der Waals surface area contributed by atoms with E-state index in [1.807, 2.05) is 17.0 Å². The Balaban J connectivity index is 1.40. The van der Waals surface area contributed by atoms with E-state index in [2.05, 4.69) is 9.88 Å². The van der Waals surface area contributed by atoms with Gasteiger partial charge in [0.05, 0.1) is 30.7 Å². The highest BCUT2D eigenvalue weighted by molar-refractivity contribution is 6.11. The predicted octanol–water partition coefficient (Wildman–Crippen LogP) is 2.10. The van der Waals surface area contributed by atoms with E-state index in [0.29, 0.717) is 17.9 Å². The molecule has 0 aromatic carbocycles. The van der Waals surface area contributed by atoms with Crippen molar-refractivity contribution >= 4 is 11.7 Å². The standard InChI is InChI=1S/C23H29N3O4/c27-21-17-6-1-2-7-18(17)30-22-19(21)20(16-5-3-8-24-15-16)26(23(22)28)10-4-9-25-11-13-29-14-12-25/h3,5,8,15,17-18,20H,1-2,4,6-7,9-14H2. The molecule has 0 bridgehead atoms. The van der Waals surface area contributed by atoms with Crippen LogP contribution in [0, 0.1) is 5.92 Å². The van der Waals surface area contributed by atoms with Gasteiger partial charge in [0.2, 0.25) is 0 Å². The summed E-state index contributed by atoms with van der Waals surface area (Å²) in [7, 11) is 0. The van der Waals surface area contributed by atoms with E-state index < -0.39 is 0 Å². The number of pyridine rings is 1. The zero-order valence-corrected chi connectivity index (χ0v) is 17.3. The molecule has 30 heavy (non-hydrogen) atoms. The topological polar surface area (TPSA) is 72.0 Å². The number of rotatable bonds is 5. The van der Waals surface area contributed by atoms with Crippen LogP contribution in [-0.2, 0) is 19.1 Å². The van der Waals surface area contributed by atoms with Crippen LogP contribution in [0.15, 0.2) is 35.9 Å². The maximum atomic E-state index is 13.5. The van der Waals surface area contributed by atoms with E-state index >= 15 is 0 Å². The lowest BCUT2D eigenvalue weighted by Crippen LogP contribution is -2.39. The quantitative estimate of drug-likeness (QED) is 0.739. The van der Waals surface area contributed by atoms with E-state index in [0.717, 1.165) is 70.5 Å². The zero-order valence-electron chi connectivity index (χ0n) is 17.3. The summed E-state index contributed by atoms with van der Waals surface area (Å²) in [6.45, 7) is 4.90. The van der Waals surface area contributed by atoms with E-state index in [1.54, 1.807) is 12.4 Å². The van der Waals surface area contributed by atoms with Gasteiger partial charge in [-0.2, -0.15) is 0 Å². The monoisotopic (exact) mass is 411 g/mol. The summed E-state index contributed by atoms with van der Waals surface area (Å²) in [6.07, 6.45) is 8.01. The molecule has 4 heterocycles. The van der Waals surface area contributed by atoms with Gasteiger partial charge in [0.1, 0.15) is 6.10 Å². The molecular weight excluding hydrogens is 382 g/mol. The van der Waals surface area contributed by atoms with Crippen molar-refractivity contribution in [2.45, 2.75) is 44.2 Å². The highest BCUT2D eigenvalue weighted by Crippen LogP contribution is 2.46. The third-order valence-corrected chi connectivity index (χ3v) is 6.84. The summed E-state index contributed by atoms with van der Waals surface area (Å²) in [5.74, 6) is 0.151. The molecule has 3 atom stereocenters. The molecule has 1 aromatic rings.